The molecule has 0 fully saturated rings. The Balaban J connectivity index is 2.69. The second-order valence-corrected chi connectivity index (χ2v) is 3.17. The number of fused-ring (bicyclic) bond motifs is 1. The van der Waals surface area contributed by atoms with Crippen LogP contribution in [-0.2, 0) is 4.79 Å². The minimum absolute atomic E-state index is 0.0620. The van der Waals surface area contributed by atoms with E-state index in [1.165, 1.54) is 13.0 Å². The first kappa shape index (κ1) is 10.3. The van der Waals surface area contributed by atoms with Gasteiger partial charge in [0.1, 0.15) is 10.5 Å². The predicted octanol–water partition coefficient (Wildman–Crippen LogP) is 0.939. The van der Waals surface area contributed by atoms with Gasteiger partial charge in [-0.3, -0.25) is 4.84 Å². The van der Waals surface area contributed by atoms with Crippen LogP contribution in [0, 0.1) is 5.39 Å². The first-order chi connectivity index (χ1) is 7.61. The number of diazo groups is 1. The lowest BCUT2D eigenvalue weighted by Crippen LogP contribution is -2.18. The number of carbonyl (C=O) groups is 1. The van der Waals surface area contributed by atoms with Gasteiger partial charge in [0.15, 0.2) is 5.15 Å². The molecule has 0 aliphatic heterocycles. The zero-order valence-corrected chi connectivity index (χ0v) is 8.71. The van der Waals surface area contributed by atoms with Crippen molar-refractivity contribution < 1.29 is 9.63 Å². The van der Waals surface area contributed by atoms with Crippen LogP contribution in [0.1, 0.15) is 6.92 Å². The van der Waals surface area contributed by atoms with Crippen LogP contribution in [0.25, 0.3) is 16.0 Å². The molecule has 0 saturated carbocycles. The largest absolute Gasteiger partial charge is 0.501 e. The molecule has 0 unspecified atom stereocenters. The van der Waals surface area contributed by atoms with E-state index in [4.69, 9.17) is 21.8 Å². The van der Waals surface area contributed by atoms with Gasteiger partial charge in [-0.25, -0.2) is 4.79 Å². The number of halogens is 1. The monoisotopic (exact) mass is 239 g/mol. The molecule has 8 nitrogen and oxygen atoms in total. The quantitative estimate of drug-likeness (QED) is 0.687. The van der Waals surface area contributed by atoms with Crippen LogP contribution in [-0.4, -0.2) is 26.1 Å². The summed E-state index contributed by atoms with van der Waals surface area (Å²) in [7, 11) is 0. The van der Waals surface area contributed by atoms with Crippen LogP contribution in [0.2, 0.25) is 5.15 Å². The van der Waals surface area contributed by atoms with Gasteiger partial charge in [0, 0.05) is 16.7 Å². The van der Waals surface area contributed by atoms with Crippen molar-refractivity contribution in [3.63, 3.8) is 0 Å². The van der Waals surface area contributed by atoms with E-state index < -0.39 is 5.97 Å². The Bertz CT molecular complexity index is 615. The molecular weight excluding hydrogens is 236 g/mol. The summed E-state index contributed by atoms with van der Waals surface area (Å²) in [5.41, 5.74) is 0.132. The molecule has 16 heavy (non-hydrogen) atoms. The molecule has 2 aromatic heterocycles. The number of aromatic nitrogens is 4. The Hall–Kier alpha value is -2.27. The standard InChI is InChI=1S/C7H4ClN6O2/c1-3(15)16-14-7-4(6(10-9)13-14)2-5(8)11-12-7/h2H,1H3/q+1. The van der Waals surface area contributed by atoms with Crippen molar-refractivity contribution in [2.75, 3.05) is 0 Å². The number of hydrogen-bond donors (Lipinski definition) is 0. The Morgan fingerprint density at radius 1 is 1.62 bits per heavy atom. The highest BCUT2D eigenvalue weighted by Crippen LogP contribution is 2.24. The van der Waals surface area contributed by atoms with Crippen molar-refractivity contribution in [3.8, 4) is 0 Å². The summed E-state index contributed by atoms with van der Waals surface area (Å²) in [5, 5.41) is 20.0. The Kier molecular flexibility index (Phi) is 2.38. The summed E-state index contributed by atoms with van der Waals surface area (Å²) < 4.78 is 0. The highest BCUT2D eigenvalue weighted by atomic mass is 35.5. The molecule has 0 aromatic carbocycles. The van der Waals surface area contributed by atoms with Gasteiger partial charge in [-0.15, -0.1) is 10.2 Å². The summed E-state index contributed by atoms with van der Waals surface area (Å²) in [5.74, 6) is -0.654. The summed E-state index contributed by atoms with van der Waals surface area (Å²) in [4.78, 5) is 19.2. The molecule has 2 aromatic rings. The van der Waals surface area contributed by atoms with E-state index in [0.29, 0.717) is 5.39 Å². The van der Waals surface area contributed by atoms with Gasteiger partial charge in [0.25, 0.3) is 5.65 Å². The third-order valence-electron chi connectivity index (χ3n) is 1.66. The van der Waals surface area contributed by atoms with Gasteiger partial charge < -0.3 is 0 Å². The number of nitrogens with zero attached hydrogens (tertiary/aromatic N) is 6. The average molecular weight is 240 g/mol. The van der Waals surface area contributed by atoms with Crippen molar-refractivity contribution in [1.82, 2.24) is 20.1 Å². The minimum atomic E-state index is -0.592. The van der Waals surface area contributed by atoms with E-state index in [1.807, 2.05) is 0 Å². The Morgan fingerprint density at radius 3 is 3.00 bits per heavy atom. The number of carbonyl (C=O) groups excluding carboxylic acids is 1. The smallest absolute Gasteiger partial charge is 0.300 e. The molecule has 0 radical (unpaired) electrons. The van der Waals surface area contributed by atoms with E-state index >= 15 is 0 Å². The zero-order valence-electron chi connectivity index (χ0n) is 7.96. The van der Waals surface area contributed by atoms with Gasteiger partial charge in [-0.1, -0.05) is 11.6 Å². The molecule has 80 valence electrons. The van der Waals surface area contributed by atoms with Gasteiger partial charge in [0.2, 0.25) is 0 Å². The number of rotatable bonds is 1. The normalized spacial score (nSPS) is 10.1. The van der Waals surface area contributed by atoms with Gasteiger partial charge >= 0.3 is 11.8 Å². The zero-order chi connectivity index (χ0) is 11.7. The fourth-order valence-corrected chi connectivity index (χ4v) is 1.26. The third-order valence-corrected chi connectivity index (χ3v) is 1.85. The molecule has 0 atom stereocenters. The average Bonchev–Trinajstić information content (AvgIpc) is 2.55. The first-order valence-corrected chi connectivity index (χ1v) is 4.45. The molecular formula is C7H4ClN6O2+. The van der Waals surface area contributed by atoms with E-state index in [-0.39, 0.29) is 16.6 Å². The van der Waals surface area contributed by atoms with Gasteiger partial charge in [0.05, 0.1) is 5.39 Å². The van der Waals surface area contributed by atoms with Crippen molar-refractivity contribution in [3.05, 3.63) is 16.2 Å². The van der Waals surface area contributed by atoms with E-state index in [0.717, 1.165) is 4.85 Å². The molecule has 0 spiro atoms. The first-order valence-electron chi connectivity index (χ1n) is 4.08. The second-order valence-electron chi connectivity index (χ2n) is 2.78. The molecule has 0 N–H and O–H groups in total. The van der Waals surface area contributed by atoms with Crippen LogP contribution in [0.15, 0.2) is 6.07 Å². The maximum Gasteiger partial charge on any atom is 0.501 e. The lowest BCUT2D eigenvalue weighted by atomic mass is 10.4. The van der Waals surface area contributed by atoms with Crippen LogP contribution in [0.5, 0.6) is 0 Å². The molecule has 0 bridgehead atoms. The Labute approximate surface area is 93.4 Å². The molecule has 9 heteroatoms. The minimum Gasteiger partial charge on any atom is -0.300 e. The van der Waals surface area contributed by atoms with Gasteiger partial charge in [-0.2, -0.15) is 0 Å². The fourth-order valence-electron chi connectivity index (χ4n) is 1.11. The topological polar surface area (TPSA) is 98.1 Å². The van der Waals surface area contributed by atoms with Crippen molar-refractivity contribution in [1.29, 1.82) is 5.39 Å². The van der Waals surface area contributed by atoms with Crippen LogP contribution < -0.4 is 4.84 Å². The molecule has 0 aliphatic carbocycles. The summed E-state index contributed by atoms with van der Waals surface area (Å²) in [6.45, 7) is 1.20. The fraction of sp³-hybridized carbons (Fsp3) is 0.143. The van der Waals surface area contributed by atoms with Crippen molar-refractivity contribution in [2.24, 2.45) is 0 Å². The van der Waals surface area contributed by atoms with Crippen LogP contribution in [0.3, 0.4) is 0 Å². The van der Waals surface area contributed by atoms with Crippen LogP contribution in [0.4, 0.5) is 5.82 Å². The van der Waals surface area contributed by atoms with E-state index in [1.54, 1.807) is 0 Å². The molecule has 0 amide bonds. The highest BCUT2D eigenvalue weighted by Gasteiger charge is 2.25. The second kappa shape index (κ2) is 3.71. The maximum absolute atomic E-state index is 10.8. The van der Waals surface area contributed by atoms with Crippen LogP contribution >= 0.6 is 11.6 Å². The molecule has 0 saturated heterocycles. The van der Waals surface area contributed by atoms with Crippen molar-refractivity contribution >= 4 is 34.4 Å². The summed E-state index contributed by atoms with van der Waals surface area (Å²) in [6.07, 6.45) is 0. The van der Waals surface area contributed by atoms with E-state index in [2.05, 4.69) is 20.3 Å². The van der Waals surface area contributed by atoms with Crippen molar-refractivity contribution in [2.45, 2.75) is 6.92 Å². The maximum atomic E-state index is 10.8. The predicted molar refractivity (Wildman–Crippen MR) is 52.3 cm³/mol. The van der Waals surface area contributed by atoms with Gasteiger partial charge in [-0.05, 0) is 6.07 Å². The third kappa shape index (κ3) is 1.64. The van der Waals surface area contributed by atoms with E-state index in [9.17, 15) is 4.79 Å². The Morgan fingerprint density at radius 2 is 2.38 bits per heavy atom. The lowest BCUT2D eigenvalue weighted by molar-refractivity contribution is -0.142. The SMILES string of the molecule is CC(=O)On1nc([N+]#N)c2cc(Cl)nnc21. The lowest BCUT2D eigenvalue weighted by Gasteiger charge is -1.93. The molecule has 2 rings (SSSR count). The molecule has 2 heterocycles. The highest BCUT2D eigenvalue weighted by molar-refractivity contribution is 6.30. The molecule has 0 aliphatic rings. The summed E-state index contributed by atoms with van der Waals surface area (Å²) in [6, 6.07) is 1.39. The number of hydrogen-bond acceptors (Lipinski definition) is 6. The summed E-state index contributed by atoms with van der Waals surface area (Å²) >= 11 is 5.62.